The minimum absolute atomic E-state index is 0.139. The van der Waals surface area contributed by atoms with Gasteiger partial charge >= 0.3 is 17.9 Å². The zero-order valence-corrected chi connectivity index (χ0v) is 23.0. The standard InChI is InChI=1S/C15H16O2.C4H4O3.C3H5ClO.C3H8O2.C3H4O2/c1-15(2,11-3-7-13(16)8-4-11)12-5-9-14(17)10-6-12;5-3-1-2-4(6)7-3;4-1-3-2-5-3;1-3(5)2-4;1-2-3(4)5/h3-10,16-17H,1-2H3;1-2H2;3H,1-2H2;3-5H,2H2,1H3;2H,1H2,(H,4,5). The molecular weight excluding hydrogens is 532 g/mol. The van der Waals surface area contributed by atoms with Crippen molar-refractivity contribution in [2.75, 3.05) is 19.1 Å². The summed E-state index contributed by atoms with van der Waals surface area (Å²) in [5.74, 6) is -0.564. The number of aliphatic hydroxyl groups excluding tert-OH is 2. The number of epoxide rings is 1. The molecule has 0 saturated carbocycles. The van der Waals surface area contributed by atoms with Crippen molar-refractivity contribution in [2.45, 2.75) is 51.2 Å². The average Bonchev–Trinajstić information content (AvgIpc) is 3.67. The number of benzene rings is 2. The molecule has 0 spiro atoms. The molecule has 2 aliphatic rings. The van der Waals surface area contributed by atoms with Crippen molar-refractivity contribution in [1.82, 2.24) is 0 Å². The van der Waals surface area contributed by atoms with Crippen molar-refractivity contribution in [3.63, 3.8) is 0 Å². The zero-order valence-electron chi connectivity index (χ0n) is 22.2. The number of hydrogen-bond donors (Lipinski definition) is 5. The third kappa shape index (κ3) is 16.9. The molecule has 0 radical (unpaired) electrons. The maximum atomic E-state index is 10.0. The number of esters is 2. The first-order chi connectivity index (χ1) is 18.3. The van der Waals surface area contributed by atoms with Crippen LogP contribution in [0, 0.1) is 0 Å². The fourth-order valence-electron chi connectivity index (χ4n) is 2.51. The second-order valence-electron chi connectivity index (χ2n) is 8.75. The van der Waals surface area contributed by atoms with E-state index in [0.29, 0.717) is 12.0 Å². The van der Waals surface area contributed by atoms with E-state index in [1.807, 2.05) is 24.3 Å². The van der Waals surface area contributed by atoms with E-state index in [4.69, 9.17) is 31.7 Å². The first kappa shape index (κ1) is 35.6. The fraction of sp³-hybridized carbons (Fsp3) is 0.393. The Hall–Kier alpha value is -3.44. The average molecular weight is 569 g/mol. The van der Waals surface area contributed by atoms with Gasteiger partial charge in [-0.3, -0.25) is 9.59 Å². The van der Waals surface area contributed by atoms with Crippen LogP contribution in [0.1, 0.15) is 44.7 Å². The highest BCUT2D eigenvalue weighted by molar-refractivity contribution is 6.18. The number of rotatable bonds is 5. The van der Waals surface area contributed by atoms with E-state index in [9.17, 15) is 24.6 Å². The Morgan fingerprint density at radius 2 is 1.36 bits per heavy atom. The fourth-order valence-corrected chi connectivity index (χ4v) is 2.69. The topological polar surface area (TPSA) is 174 Å². The van der Waals surface area contributed by atoms with Gasteiger partial charge in [0.05, 0.1) is 44.1 Å². The van der Waals surface area contributed by atoms with Crippen molar-refractivity contribution in [3.8, 4) is 11.5 Å². The Morgan fingerprint density at radius 1 is 1.03 bits per heavy atom. The number of halogens is 1. The second-order valence-corrected chi connectivity index (χ2v) is 9.06. The van der Waals surface area contributed by atoms with Gasteiger partial charge in [0.1, 0.15) is 11.5 Å². The maximum Gasteiger partial charge on any atom is 0.327 e. The highest BCUT2D eigenvalue weighted by atomic mass is 35.5. The number of aromatic hydroxyl groups is 2. The number of ether oxygens (including phenoxy) is 2. The molecule has 0 aromatic heterocycles. The summed E-state index contributed by atoms with van der Waals surface area (Å²) in [6, 6.07) is 14.4. The SMILES string of the molecule is C=CC(=O)O.CC(C)(c1ccc(O)cc1)c1ccc(O)cc1.CC(O)CO.ClCC1CO1.O=C1CCC(=O)O1. The molecule has 216 valence electrons. The summed E-state index contributed by atoms with van der Waals surface area (Å²) >= 11 is 5.27. The molecule has 0 bridgehead atoms. The Balaban J connectivity index is 0.000000539. The van der Waals surface area contributed by atoms with Crippen molar-refractivity contribution in [2.24, 2.45) is 0 Å². The Kier molecular flexibility index (Phi) is 17.1. The molecule has 2 fully saturated rings. The van der Waals surface area contributed by atoms with Crippen LogP contribution in [0.15, 0.2) is 61.2 Å². The Labute approximate surface area is 233 Å². The van der Waals surface area contributed by atoms with Crippen LogP contribution in [-0.2, 0) is 29.3 Å². The summed E-state index contributed by atoms with van der Waals surface area (Å²) in [5, 5.41) is 42.2. The summed E-state index contributed by atoms with van der Waals surface area (Å²) < 4.78 is 8.81. The van der Waals surface area contributed by atoms with Gasteiger partial charge in [-0.05, 0) is 42.3 Å². The minimum Gasteiger partial charge on any atom is -0.508 e. The van der Waals surface area contributed by atoms with Gasteiger partial charge in [-0.15, -0.1) is 11.6 Å². The predicted molar refractivity (Wildman–Crippen MR) is 146 cm³/mol. The van der Waals surface area contributed by atoms with Crippen LogP contribution in [0.3, 0.4) is 0 Å². The van der Waals surface area contributed by atoms with E-state index in [1.54, 1.807) is 24.3 Å². The van der Waals surface area contributed by atoms with Crippen LogP contribution in [0.4, 0.5) is 0 Å². The highest BCUT2D eigenvalue weighted by Crippen LogP contribution is 2.32. The van der Waals surface area contributed by atoms with Crippen molar-refractivity contribution in [1.29, 1.82) is 0 Å². The van der Waals surface area contributed by atoms with Crippen LogP contribution < -0.4 is 0 Å². The molecule has 2 aromatic rings. The number of carbonyl (C=O) groups is 3. The van der Waals surface area contributed by atoms with Gasteiger partial charge in [0.2, 0.25) is 0 Å². The van der Waals surface area contributed by atoms with Crippen LogP contribution in [-0.4, -0.2) is 74.7 Å². The molecular formula is C28H37ClO10. The summed E-state index contributed by atoms with van der Waals surface area (Å²) in [6.07, 6.45) is 1.20. The monoisotopic (exact) mass is 568 g/mol. The zero-order chi connectivity index (χ0) is 30.0. The number of cyclic esters (lactones) is 2. The number of phenolic OH excluding ortho intramolecular Hbond substituents is 2. The normalized spacial score (nSPS) is 15.7. The minimum atomic E-state index is -0.981. The first-order valence-corrected chi connectivity index (χ1v) is 12.4. The van der Waals surface area contributed by atoms with E-state index in [2.05, 4.69) is 25.2 Å². The molecule has 2 heterocycles. The third-order valence-corrected chi connectivity index (χ3v) is 5.30. The number of aliphatic hydroxyl groups is 2. The number of carboxylic acids is 1. The molecule has 2 atom stereocenters. The van der Waals surface area contributed by atoms with Gasteiger partial charge in [-0.1, -0.05) is 44.7 Å². The third-order valence-electron chi connectivity index (χ3n) is 4.95. The van der Waals surface area contributed by atoms with Crippen molar-refractivity contribution < 1.29 is 49.4 Å². The number of alkyl halides is 1. The lowest BCUT2D eigenvalue weighted by molar-refractivity contribution is -0.152. The number of aliphatic carboxylic acids is 1. The van der Waals surface area contributed by atoms with Gasteiger partial charge in [-0.2, -0.15) is 0 Å². The van der Waals surface area contributed by atoms with Gasteiger partial charge in [0.25, 0.3) is 0 Å². The predicted octanol–water partition coefficient (Wildman–Crippen LogP) is 3.51. The first-order valence-electron chi connectivity index (χ1n) is 11.9. The number of phenols is 2. The van der Waals surface area contributed by atoms with Crippen molar-refractivity contribution in [3.05, 3.63) is 72.3 Å². The Morgan fingerprint density at radius 3 is 1.51 bits per heavy atom. The Bertz CT molecular complexity index is 950. The smallest absolute Gasteiger partial charge is 0.327 e. The van der Waals surface area contributed by atoms with Gasteiger partial charge in [0, 0.05) is 11.5 Å². The highest BCUT2D eigenvalue weighted by Gasteiger charge is 2.23. The molecule has 2 aliphatic heterocycles. The number of carboxylic acid groups (broad SMARTS) is 1. The summed E-state index contributed by atoms with van der Waals surface area (Å²) in [4.78, 5) is 29.3. The lowest BCUT2D eigenvalue weighted by Gasteiger charge is -2.26. The number of carbonyl (C=O) groups excluding carboxylic acids is 2. The number of hydrogen-bond acceptors (Lipinski definition) is 9. The summed E-state index contributed by atoms with van der Waals surface area (Å²) in [6.45, 7) is 9.46. The molecule has 2 unspecified atom stereocenters. The van der Waals surface area contributed by atoms with Gasteiger partial charge in [-0.25, -0.2) is 4.79 Å². The van der Waals surface area contributed by atoms with E-state index in [0.717, 1.165) is 23.8 Å². The quantitative estimate of drug-likeness (QED) is 0.118. The molecule has 11 heteroatoms. The molecule has 0 amide bonds. The van der Waals surface area contributed by atoms with E-state index in [1.165, 1.54) is 6.92 Å². The lowest BCUT2D eigenvalue weighted by Crippen LogP contribution is -2.18. The molecule has 0 aliphatic carbocycles. The van der Waals surface area contributed by atoms with Gasteiger partial charge < -0.3 is 35.0 Å². The van der Waals surface area contributed by atoms with E-state index >= 15 is 0 Å². The maximum absolute atomic E-state index is 10.0. The lowest BCUT2D eigenvalue weighted by atomic mass is 9.78. The van der Waals surface area contributed by atoms with E-state index < -0.39 is 24.0 Å². The summed E-state index contributed by atoms with van der Waals surface area (Å²) in [5.41, 5.74) is 2.10. The van der Waals surface area contributed by atoms with Crippen LogP contribution >= 0.6 is 11.6 Å². The molecule has 4 rings (SSSR count). The van der Waals surface area contributed by atoms with Crippen LogP contribution in [0.25, 0.3) is 0 Å². The van der Waals surface area contributed by atoms with Crippen LogP contribution in [0.2, 0.25) is 0 Å². The molecule has 39 heavy (non-hydrogen) atoms. The van der Waals surface area contributed by atoms with Gasteiger partial charge in [0.15, 0.2) is 0 Å². The largest absolute Gasteiger partial charge is 0.508 e. The van der Waals surface area contributed by atoms with Crippen LogP contribution in [0.5, 0.6) is 11.5 Å². The van der Waals surface area contributed by atoms with Crippen molar-refractivity contribution >= 4 is 29.5 Å². The molecule has 5 N–H and O–H groups in total. The second kappa shape index (κ2) is 18.8. The van der Waals surface area contributed by atoms with E-state index in [-0.39, 0.29) is 36.4 Å². The molecule has 10 nitrogen and oxygen atoms in total. The molecule has 2 saturated heterocycles. The summed E-state index contributed by atoms with van der Waals surface area (Å²) in [7, 11) is 0. The molecule has 2 aromatic carbocycles.